The van der Waals surface area contributed by atoms with Gasteiger partial charge in [-0.25, -0.2) is 4.79 Å². The highest BCUT2D eigenvalue weighted by molar-refractivity contribution is 6.30. The Morgan fingerprint density at radius 3 is 2.26 bits per heavy atom. The Morgan fingerprint density at radius 1 is 0.912 bits per heavy atom. The Morgan fingerprint density at radius 2 is 1.59 bits per heavy atom. The van der Waals surface area contributed by atoms with Crippen molar-refractivity contribution >= 4 is 34.2 Å². The first kappa shape index (κ1) is 23.2. The highest BCUT2D eigenvalue weighted by Gasteiger charge is 2.12. The fraction of sp³-hybridized carbons (Fsp3) is 0.154. The van der Waals surface area contributed by atoms with Crippen LogP contribution >= 0.6 is 11.6 Å². The molecule has 8 heteroatoms. The van der Waals surface area contributed by atoms with Crippen molar-refractivity contribution < 1.29 is 19.0 Å². The molecular formula is C26H24ClN3O4. The van der Waals surface area contributed by atoms with Crippen LogP contribution in [0, 0.1) is 0 Å². The van der Waals surface area contributed by atoms with Gasteiger partial charge in [-0.15, -0.1) is 0 Å². The Balaban J connectivity index is 1.43. The van der Waals surface area contributed by atoms with E-state index in [-0.39, 0.29) is 12.1 Å². The summed E-state index contributed by atoms with van der Waals surface area (Å²) >= 11 is 5.92. The third-order valence-corrected chi connectivity index (χ3v) is 5.52. The third kappa shape index (κ3) is 5.32. The zero-order chi connectivity index (χ0) is 24.1. The van der Waals surface area contributed by atoms with Crippen molar-refractivity contribution in [2.75, 3.05) is 19.5 Å². The van der Waals surface area contributed by atoms with E-state index in [2.05, 4.69) is 15.6 Å². The quantitative estimate of drug-likeness (QED) is 0.314. The molecule has 174 valence electrons. The lowest BCUT2D eigenvalue weighted by molar-refractivity contribution is 0.249. The summed E-state index contributed by atoms with van der Waals surface area (Å²) in [6.07, 6.45) is 1.67. The Kier molecular flexibility index (Phi) is 7.04. The number of fused-ring (bicyclic) bond motifs is 1. The first-order chi connectivity index (χ1) is 16.5. The molecule has 0 fully saturated rings. The first-order valence-electron chi connectivity index (χ1n) is 10.6. The molecule has 0 saturated heterocycles. The second-order valence-corrected chi connectivity index (χ2v) is 7.97. The normalized spacial score (nSPS) is 11.5. The van der Waals surface area contributed by atoms with E-state index in [1.807, 2.05) is 25.1 Å². The molecule has 2 amide bonds. The molecule has 0 bridgehead atoms. The Bertz CT molecular complexity index is 1290. The van der Waals surface area contributed by atoms with Gasteiger partial charge < -0.3 is 24.8 Å². The highest BCUT2D eigenvalue weighted by atomic mass is 35.5. The number of methoxy groups -OCH3 is 2. The van der Waals surface area contributed by atoms with Gasteiger partial charge >= 0.3 is 6.03 Å². The van der Waals surface area contributed by atoms with E-state index in [0.717, 1.165) is 16.5 Å². The average Bonchev–Trinajstić information content (AvgIpc) is 2.84. The predicted molar refractivity (Wildman–Crippen MR) is 133 cm³/mol. The number of nitrogens with zero attached hydrogens (tertiary/aromatic N) is 1. The molecule has 3 aromatic carbocycles. The number of hydrogen-bond donors (Lipinski definition) is 2. The summed E-state index contributed by atoms with van der Waals surface area (Å²) < 4.78 is 16.8. The third-order valence-electron chi connectivity index (χ3n) is 5.26. The summed E-state index contributed by atoms with van der Waals surface area (Å²) in [6.45, 7) is 1.91. The molecule has 1 heterocycles. The second kappa shape index (κ2) is 10.3. The minimum atomic E-state index is -0.308. The van der Waals surface area contributed by atoms with Crippen LogP contribution in [0.4, 0.5) is 10.5 Å². The van der Waals surface area contributed by atoms with E-state index in [9.17, 15) is 4.79 Å². The Hall–Kier alpha value is -3.97. The number of halogens is 1. The van der Waals surface area contributed by atoms with Gasteiger partial charge in [0.2, 0.25) is 0 Å². The van der Waals surface area contributed by atoms with Crippen LogP contribution in [-0.2, 0) is 0 Å². The van der Waals surface area contributed by atoms with Gasteiger partial charge in [0.1, 0.15) is 11.5 Å². The van der Waals surface area contributed by atoms with Crippen LogP contribution in [0.2, 0.25) is 5.02 Å². The van der Waals surface area contributed by atoms with Crippen LogP contribution in [-0.4, -0.2) is 25.2 Å². The maximum Gasteiger partial charge on any atom is 0.319 e. The summed E-state index contributed by atoms with van der Waals surface area (Å²) in [6, 6.07) is 19.4. The molecule has 4 aromatic rings. The molecule has 1 unspecified atom stereocenters. The molecule has 0 aliphatic heterocycles. The fourth-order valence-electron chi connectivity index (χ4n) is 3.47. The molecule has 1 aromatic heterocycles. The minimum absolute atomic E-state index is 0.171. The van der Waals surface area contributed by atoms with Crippen LogP contribution in [0.25, 0.3) is 10.9 Å². The first-order valence-corrected chi connectivity index (χ1v) is 11.0. The molecular weight excluding hydrogens is 454 g/mol. The average molecular weight is 478 g/mol. The molecule has 0 spiro atoms. The maximum atomic E-state index is 12.4. The number of urea groups is 1. The van der Waals surface area contributed by atoms with Crippen molar-refractivity contribution in [3.63, 3.8) is 0 Å². The number of nitrogens with one attached hydrogen (secondary N) is 2. The van der Waals surface area contributed by atoms with E-state index in [0.29, 0.717) is 33.7 Å². The van der Waals surface area contributed by atoms with Gasteiger partial charge in [0.15, 0.2) is 11.5 Å². The topological polar surface area (TPSA) is 81.7 Å². The number of amides is 2. The molecule has 0 aliphatic carbocycles. The number of pyridine rings is 1. The molecule has 0 aliphatic rings. The monoisotopic (exact) mass is 477 g/mol. The van der Waals surface area contributed by atoms with E-state index < -0.39 is 0 Å². The van der Waals surface area contributed by atoms with E-state index in [4.69, 9.17) is 25.8 Å². The van der Waals surface area contributed by atoms with Crippen molar-refractivity contribution in [2.24, 2.45) is 0 Å². The molecule has 0 radical (unpaired) electrons. The summed E-state index contributed by atoms with van der Waals surface area (Å²) in [5, 5.41) is 7.18. The number of benzene rings is 3. The lowest BCUT2D eigenvalue weighted by Crippen LogP contribution is -2.31. The van der Waals surface area contributed by atoms with Gasteiger partial charge in [0.05, 0.1) is 25.8 Å². The lowest BCUT2D eigenvalue weighted by Gasteiger charge is -2.15. The fourth-order valence-corrected chi connectivity index (χ4v) is 3.59. The van der Waals surface area contributed by atoms with E-state index >= 15 is 0 Å². The van der Waals surface area contributed by atoms with Crippen molar-refractivity contribution in [3.05, 3.63) is 83.5 Å². The summed E-state index contributed by atoms with van der Waals surface area (Å²) in [5.74, 6) is 2.42. The lowest BCUT2D eigenvalue weighted by atomic mass is 10.1. The summed E-state index contributed by atoms with van der Waals surface area (Å²) in [5.41, 5.74) is 2.32. The van der Waals surface area contributed by atoms with Crippen LogP contribution < -0.4 is 24.8 Å². The standard InChI is InChI=1S/C26H24ClN3O4/c1-16(17-4-6-18(27)7-5-17)29-26(31)30-19-8-10-20(11-9-19)34-23-12-13-28-22-15-25(33-3)24(32-2)14-21(22)23/h4-16H,1-3H3,(H2,29,30,31). The van der Waals surface area contributed by atoms with Crippen LogP contribution in [0.3, 0.4) is 0 Å². The van der Waals surface area contributed by atoms with Gasteiger partial charge in [-0.05, 0) is 61.0 Å². The minimum Gasteiger partial charge on any atom is -0.493 e. The number of carbonyl (C=O) groups is 1. The van der Waals surface area contributed by atoms with Gasteiger partial charge in [0, 0.05) is 28.4 Å². The van der Waals surface area contributed by atoms with Crippen LogP contribution in [0.15, 0.2) is 72.9 Å². The second-order valence-electron chi connectivity index (χ2n) is 7.53. The SMILES string of the molecule is COc1cc2nccc(Oc3ccc(NC(=O)NC(C)c4ccc(Cl)cc4)cc3)c2cc1OC. The molecule has 2 N–H and O–H groups in total. The van der Waals surface area contributed by atoms with Crippen LogP contribution in [0.1, 0.15) is 18.5 Å². The molecule has 1 atom stereocenters. The van der Waals surface area contributed by atoms with Gasteiger partial charge in [-0.1, -0.05) is 23.7 Å². The van der Waals surface area contributed by atoms with E-state index in [1.165, 1.54) is 0 Å². The zero-order valence-electron chi connectivity index (χ0n) is 19.0. The predicted octanol–water partition coefficient (Wildman–Crippen LogP) is 6.58. The van der Waals surface area contributed by atoms with Crippen molar-refractivity contribution in [2.45, 2.75) is 13.0 Å². The largest absolute Gasteiger partial charge is 0.493 e. The molecule has 34 heavy (non-hydrogen) atoms. The molecule has 4 rings (SSSR count). The van der Waals surface area contributed by atoms with Crippen molar-refractivity contribution in [1.29, 1.82) is 0 Å². The number of carbonyl (C=O) groups excluding carboxylic acids is 1. The maximum absolute atomic E-state index is 12.4. The number of rotatable bonds is 7. The Labute approximate surface area is 202 Å². The summed E-state index contributed by atoms with van der Waals surface area (Å²) in [4.78, 5) is 16.8. The van der Waals surface area contributed by atoms with Gasteiger partial charge in [-0.3, -0.25) is 4.98 Å². The van der Waals surface area contributed by atoms with Gasteiger partial charge in [-0.2, -0.15) is 0 Å². The van der Waals surface area contributed by atoms with Gasteiger partial charge in [0.25, 0.3) is 0 Å². The zero-order valence-corrected chi connectivity index (χ0v) is 19.7. The number of aromatic nitrogens is 1. The van der Waals surface area contributed by atoms with Crippen molar-refractivity contribution in [3.8, 4) is 23.0 Å². The van der Waals surface area contributed by atoms with Crippen LogP contribution in [0.5, 0.6) is 23.0 Å². The number of hydrogen-bond acceptors (Lipinski definition) is 5. The number of ether oxygens (including phenoxy) is 3. The van der Waals surface area contributed by atoms with E-state index in [1.54, 1.807) is 68.9 Å². The molecule has 7 nitrogen and oxygen atoms in total. The number of anilines is 1. The smallest absolute Gasteiger partial charge is 0.319 e. The molecule has 0 saturated carbocycles. The summed E-state index contributed by atoms with van der Waals surface area (Å²) in [7, 11) is 3.16. The van der Waals surface area contributed by atoms with Crippen molar-refractivity contribution in [1.82, 2.24) is 10.3 Å². The highest BCUT2D eigenvalue weighted by Crippen LogP contribution is 2.37.